The molecule has 0 bridgehead atoms. The van der Waals surface area contributed by atoms with Crippen molar-refractivity contribution in [3.05, 3.63) is 89.8 Å². The summed E-state index contributed by atoms with van der Waals surface area (Å²) in [5.41, 5.74) is 2.23. The summed E-state index contributed by atoms with van der Waals surface area (Å²) in [5, 5.41) is 0. The van der Waals surface area contributed by atoms with E-state index in [1.165, 1.54) is 7.11 Å². The molecule has 4 rings (SSSR count). The van der Waals surface area contributed by atoms with E-state index in [0.29, 0.717) is 49.8 Å². The average Bonchev–Trinajstić information content (AvgIpc) is 2.95. The molecular weight excluding hydrogens is 458 g/mol. The van der Waals surface area contributed by atoms with Gasteiger partial charge in [-0.3, -0.25) is 14.6 Å². The number of carbonyl (C=O) groups excluding carboxylic acids is 2. The van der Waals surface area contributed by atoms with Crippen molar-refractivity contribution >= 4 is 17.9 Å². The van der Waals surface area contributed by atoms with Gasteiger partial charge >= 0.3 is 0 Å². The van der Waals surface area contributed by atoms with Crippen molar-refractivity contribution in [3.63, 3.8) is 0 Å². The van der Waals surface area contributed by atoms with E-state index in [1.807, 2.05) is 42.5 Å². The van der Waals surface area contributed by atoms with Gasteiger partial charge in [0, 0.05) is 44.5 Å². The SMILES string of the molecule is COc1ccc(C(=O)N2CCN(C(=O)C=Cc3ccc(OCc4ccccn4)cc3)CC2)c(OC)c1. The number of methoxy groups -OCH3 is 2. The third kappa shape index (κ3) is 6.21. The Morgan fingerprint density at radius 1 is 0.889 bits per heavy atom. The molecule has 0 aliphatic carbocycles. The Bertz CT molecular complexity index is 1200. The zero-order chi connectivity index (χ0) is 25.3. The highest BCUT2D eigenvalue weighted by Gasteiger charge is 2.26. The molecule has 0 saturated carbocycles. The van der Waals surface area contributed by atoms with E-state index in [2.05, 4.69) is 4.98 Å². The molecule has 0 N–H and O–H groups in total. The normalized spacial score (nSPS) is 13.5. The second-order valence-electron chi connectivity index (χ2n) is 8.20. The van der Waals surface area contributed by atoms with Crippen LogP contribution in [0.25, 0.3) is 6.08 Å². The first kappa shape index (κ1) is 24.8. The molecule has 186 valence electrons. The van der Waals surface area contributed by atoms with Crippen LogP contribution in [0.2, 0.25) is 0 Å². The Morgan fingerprint density at radius 3 is 2.28 bits per heavy atom. The number of piperazine rings is 1. The van der Waals surface area contributed by atoms with Crippen molar-refractivity contribution in [2.45, 2.75) is 6.61 Å². The summed E-state index contributed by atoms with van der Waals surface area (Å²) in [6.45, 7) is 2.24. The van der Waals surface area contributed by atoms with Gasteiger partial charge in [-0.05, 0) is 48.0 Å². The summed E-state index contributed by atoms with van der Waals surface area (Å²) in [5.74, 6) is 1.62. The summed E-state index contributed by atoms with van der Waals surface area (Å²) in [6.07, 6.45) is 5.08. The third-order valence-corrected chi connectivity index (χ3v) is 5.93. The molecule has 1 aliphatic rings. The van der Waals surface area contributed by atoms with Gasteiger partial charge in [-0.2, -0.15) is 0 Å². The van der Waals surface area contributed by atoms with E-state index >= 15 is 0 Å². The summed E-state index contributed by atoms with van der Waals surface area (Å²) in [4.78, 5) is 33.4. The molecule has 3 aromatic rings. The fraction of sp³-hybridized carbons (Fsp3) is 0.250. The maximum Gasteiger partial charge on any atom is 0.257 e. The van der Waals surface area contributed by atoms with Crippen LogP contribution >= 0.6 is 0 Å². The minimum Gasteiger partial charge on any atom is -0.497 e. The van der Waals surface area contributed by atoms with Crippen molar-refractivity contribution in [2.24, 2.45) is 0 Å². The highest BCUT2D eigenvalue weighted by atomic mass is 16.5. The first-order chi connectivity index (χ1) is 17.6. The summed E-state index contributed by atoms with van der Waals surface area (Å²) < 4.78 is 16.3. The van der Waals surface area contributed by atoms with Crippen LogP contribution in [0.15, 0.2) is 72.9 Å². The van der Waals surface area contributed by atoms with Gasteiger partial charge in [0.15, 0.2) is 0 Å². The van der Waals surface area contributed by atoms with E-state index in [9.17, 15) is 9.59 Å². The van der Waals surface area contributed by atoms with Crippen LogP contribution in [0.4, 0.5) is 0 Å². The molecule has 0 unspecified atom stereocenters. The van der Waals surface area contributed by atoms with Crippen LogP contribution in [0.5, 0.6) is 17.2 Å². The summed E-state index contributed by atoms with van der Waals surface area (Å²) in [6, 6.07) is 18.4. The van der Waals surface area contributed by atoms with Crippen LogP contribution in [0.3, 0.4) is 0 Å². The molecule has 0 spiro atoms. The Balaban J connectivity index is 1.27. The standard InChI is InChI=1S/C28H29N3O5/c1-34-24-11-12-25(26(19-24)35-2)28(33)31-17-15-30(16-18-31)27(32)13-8-21-6-9-23(10-7-21)36-20-22-5-3-4-14-29-22/h3-14,19H,15-18,20H2,1-2H3. The molecule has 1 saturated heterocycles. The second-order valence-corrected chi connectivity index (χ2v) is 8.20. The largest absolute Gasteiger partial charge is 0.497 e. The molecule has 2 heterocycles. The molecule has 1 aliphatic heterocycles. The van der Waals surface area contributed by atoms with Crippen molar-refractivity contribution in [1.29, 1.82) is 0 Å². The van der Waals surface area contributed by atoms with Gasteiger partial charge in [0.05, 0.1) is 25.5 Å². The smallest absolute Gasteiger partial charge is 0.257 e. The monoisotopic (exact) mass is 487 g/mol. The number of pyridine rings is 1. The molecule has 36 heavy (non-hydrogen) atoms. The number of amides is 2. The molecule has 0 atom stereocenters. The summed E-state index contributed by atoms with van der Waals surface area (Å²) >= 11 is 0. The Morgan fingerprint density at radius 2 is 1.61 bits per heavy atom. The molecule has 8 nitrogen and oxygen atoms in total. The van der Waals surface area contributed by atoms with Crippen molar-refractivity contribution in [1.82, 2.24) is 14.8 Å². The van der Waals surface area contributed by atoms with Gasteiger partial charge in [-0.15, -0.1) is 0 Å². The molecule has 1 aromatic heterocycles. The average molecular weight is 488 g/mol. The van der Waals surface area contributed by atoms with Crippen LogP contribution in [-0.4, -0.2) is 67.0 Å². The van der Waals surface area contributed by atoms with Crippen molar-refractivity contribution < 1.29 is 23.8 Å². The Hall–Kier alpha value is -4.33. The zero-order valence-corrected chi connectivity index (χ0v) is 20.4. The van der Waals surface area contributed by atoms with E-state index in [-0.39, 0.29) is 11.8 Å². The van der Waals surface area contributed by atoms with Gasteiger partial charge in [-0.1, -0.05) is 18.2 Å². The van der Waals surface area contributed by atoms with Crippen LogP contribution in [-0.2, 0) is 11.4 Å². The topological polar surface area (TPSA) is 81.2 Å². The van der Waals surface area contributed by atoms with E-state index in [4.69, 9.17) is 14.2 Å². The first-order valence-electron chi connectivity index (χ1n) is 11.7. The van der Waals surface area contributed by atoms with E-state index in [1.54, 1.807) is 53.5 Å². The molecule has 2 aromatic carbocycles. The number of benzene rings is 2. The van der Waals surface area contributed by atoms with E-state index in [0.717, 1.165) is 17.0 Å². The molecule has 0 radical (unpaired) electrons. The molecular formula is C28H29N3O5. The van der Waals surface area contributed by atoms with Gasteiger partial charge in [0.25, 0.3) is 5.91 Å². The third-order valence-electron chi connectivity index (χ3n) is 5.93. The number of rotatable bonds is 8. The predicted molar refractivity (Wildman–Crippen MR) is 136 cm³/mol. The number of aromatic nitrogens is 1. The number of hydrogen-bond acceptors (Lipinski definition) is 6. The fourth-order valence-electron chi connectivity index (χ4n) is 3.86. The van der Waals surface area contributed by atoms with Gasteiger partial charge in [-0.25, -0.2) is 0 Å². The first-order valence-corrected chi connectivity index (χ1v) is 11.7. The molecule has 2 amide bonds. The quantitative estimate of drug-likeness (QED) is 0.451. The van der Waals surface area contributed by atoms with Crippen molar-refractivity contribution in [3.8, 4) is 17.2 Å². The minimum atomic E-state index is -0.123. The zero-order valence-electron chi connectivity index (χ0n) is 20.4. The highest BCUT2D eigenvalue weighted by molar-refractivity contribution is 5.97. The maximum absolute atomic E-state index is 13.0. The minimum absolute atomic E-state index is 0.0837. The lowest BCUT2D eigenvalue weighted by Crippen LogP contribution is -2.50. The molecule has 1 fully saturated rings. The lowest BCUT2D eigenvalue weighted by atomic mass is 10.1. The van der Waals surface area contributed by atoms with Gasteiger partial charge < -0.3 is 24.0 Å². The Kier molecular flexibility index (Phi) is 8.18. The predicted octanol–water partition coefficient (Wildman–Crippen LogP) is 3.68. The van der Waals surface area contributed by atoms with Crippen molar-refractivity contribution in [2.75, 3.05) is 40.4 Å². The van der Waals surface area contributed by atoms with Crippen LogP contribution in [0, 0.1) is 0 Å². The van der Waals surface area contributed by atoms with E-state index < -0.39 is 0 Å². The summed E-state index contributed by atoms with van der Waals surface area (Å²) in [7, 11) is 3.09. The highest BCUT2D eigenvalue weighted by Crippen LogP contribution is 2.26. The number of carbonyl (C=O) groups is 2. The van der Waals surface area contributed by atoms with Crippen LogP contribution in [0.1, 0.15) is 21.6 Å². The Labute approximate surface area is 210 Å². The lowest BCUT2D eigenvalue weighted by molar-refractivity contribution is -0.127. The second kappa shape index (κ2) is 11.9. The fourth-order valence-corrected chi connectivity index (χ4v) is 3.86. The number of ether oxygens (including phenoxy) is 3. The maximum atomic E-state index is 13.0. The van der Waals surface area contributed by atoms with Gasteiger partial charge in [0.2, 0.25) is 5.91 Å². The van der Waals surface area contributed by atoms with Crippen LogP contribution < -0.4 is 14.2 Å². The van der Waals surface area contributed by atoms with Gasteiger partial charge in [0.1, 0.15) is 23.9 Å². The number of hydrogen-bond donors (Lipinski definition) is 0. The number of nitrogens with zero attached hydrogens (tertiary/aromatic N) is 3. The lowest BCUT2D eigenvalue weighted by Gasteiger charge is -2.34. The molecule has 8 heteroatoms.